The van der Waals surface area contributed by atoms with E-state index < -0.39 is 0 Å². The quantitative estimate of drug-likeness (QED) is 0.923. The Bertz CT molecular complexity index is 781. The van der Waals surface area contributed by atoms with Crippen molar-refractivity contribution in [3.63, 3.8) is 0 Å². The number of urea groups is 1. The van der Waals surface area contributed by atoms with Crippen LogP contribution < -0.4 is 5.32 Å². The molecule has 1 N–H and O–H groups in total. The zero-order chi connectivity index (χ0) is 16.8. The summed E-state index contributed by atoms with van der Waals surface area (Å²) in [6, 6.07) is 6.32. The zero-order valence-corrected chi connectivity index (χ0v) is 14.4. The minimum atomic E-state index is 0.0122. The van der Waals surface area contributed by atoms with Gasteiger partial charge < -0.3 is 10.2 Å². The van der Waals surface area contributed by atoms with E-state index in [1.165, 1.54) is 0 Å². The number of likely N-dealkylation sites (tertiary alicyclic amines) is 1. The number of aryl methyl sites for hydroxylation is 2. The van der Waals surface area contributed by atoms with Crippen LogP contribution in [0.25, 0.3) is 11.4 Å². The second kappa shape index (κ2) is 5.61. The van der Waals surface area contributed by atoms with Crippen LogP contribution in [-0.2, 0) is 7.05 Å². The number of fused-ring (bicyclic) bond motifs is 2. The summed E-state index contributed by atoms with van der Waals surface area (Å²) in [5, 5.41) is 7.41. The van der Waals surface area contributed by atoms with Crippen molar-refractivity contribution in [2.24, 2.45) is 18.9 Å². The monoisotopic (exact) mass is 325 g/mol. The maximum absolute atomic E-state index is 12.6. The van der Waals surface area contributed by atoms with Crippen LogP contribution in [0.3, 0.4) is 0 Å². The third-order valence-electron chi connectivity index (χ3n) is 5.49. The van der Waals surface area contributed by atoms with Gasteiger partial charge in [0, 0.05) is 30.9 Å². The first-order valence-corrected chi connectivity index (χ1v) is 8.55. The molecule has 2 heterocycles. The molecule has 3 unspecified atom stereocenters. The summed E-state index contributed by atoms with van der Waals surface area (Å²) in [5.74, 6) is 2.10. The van der Waals surface area contributed by atoms with Crippen LogP contribution in [0.1, 0.15) is 25.3 Å². The normalized spacial score (nSPS) is 25.3. The molecule has 4 rings (SSSR count). The lowest BCUT2D eigenvalue weighted by atomic mass is 9.97. The Labute approximate surface area is 141 Å². The molecular formula is C18H23N5O. The van der Waals surface area contributed by atoms with Gasteiger partial charge in [-0.15, -0.1) is 0 Å². The van der Waals surface area contributed by atoms with E-state index in [9.17, 15) is 4.79 Å². The third kappa shape index (κ3) is 2.56. The van der Waals surface area contributed by atoms with Crippen LogP contribution in [0.2, 0.25) is 0 Å². The van der Waals surface area contributed by atoms with E-state index >= 15 is 0 Å². The molecule has 6 nitrogen and oxygen atoms in total. The molecule has 1 saturated carbocycles. The van der Waals surface area contributed by atoms with Gasteiger partial charge in [0.25, 0.3) is 0 Å². The summed E-state index contributed by atoms with van der Waals surface area (Å²) in [4.78, 5) is 18.9. The number of aromatic nitrogens is 3. The molecule has 2 fully saturated rings. The van der Waals surface area contributed by atoms with Gasteiger partial charge in [0.2, 0.25) is 0 Å². The molecule has 2 amide bonds. The largest absolute Gasteiger partial charge is 0.322 e. The average molecular weight is 325 g/mol. The molecule has 24 heavy (non-hydrogen) atoms. The summed E-state index contributed by atoms with van der Waals surface area (Å²) in [6.45, 7) is 5.21. The van der Waals surface area contributed by atoms with Gasteiger partial charge in [-0.05, 0) is 49.3 Å². The second-order valence-corrected chi connectivity index (χ2v) is 7.22. The zero-order valence-electron chi connectivity index (χ0n) is 14.4. The molecule has 2 aliphatic rings. The fourth-order valence-corrected chi connectivity index (χ4v) is 4.06. The molecule has 1 aliphatic carbocycles. The first-order valence-electron chi connectivity index (χ1n) is 8.55. The molecule has 2 bridgehead atoms. The summed E-state index contributed by atoms with van der Waals surface area (Å²) in [5.41, 5.74) is 2.84. The van der Waals surface area contributed by atoms with Crippen LogP contribution in [0.4, 0.5) is 10.5 Å². The van der Waals surface area contributed by atoms with Crippen molar-refractivity contribution < 1.29 is 4.79 Å². The first kappa shape index (κ1) is 15.2. The van der Waals surface area contributed by atoms with Crippen molar-refractivity contribution in [3.05, 3.63) is 30.1 Å². The Morgan fingerprint density at radius 3 is 2.79 bits per heavy atom. The Balaban J connectivity index is 1.52. The Morgan fingerprint density at radius 2 is 2.17 bits per heavy atom. The molecule has 1 aromatic heterocycles. The molecule has 0 spiro atoms. The van der Waals surface area contributed by atoms with Crippen molar-refractivity contribution in [1.82, 2.24) is 19.7 Å². The number of hydrogen-bond acceptors (Lipinski definition) is 3. The Hall–Kier alpha value is -2.37. The molecule has 0 radical (unpaired) electrons. The lowest BCUT2D eigenvalue weighted by Crippen LogP contribution is -2.42. The summed E-state index contributed by atoms with van der Waals surface area (Å²) >= 11 is 0. The predicted octanol–water partition coefficient (Wildman–Crippen LogP) is 3.05. The molecular weight excluding hydrogens is 302 g/mol. The van der Waals surface area contributed by atoms with Gasteiger partial charge in [-0.25, -0.2) is 9.78 Å². The summed E-state index contributed by atoms with van der Waals surface area (Å²) in [6.07, 6.45) is 3.98. The number of nitrogens with one attached hydrogen (secondary N) is 1. The van der Waals surface area contributed by atoms with Crippen molar-refractivity contribution in [3.8, 4) is 11.4 Å². The van der Waals surface area contributed by atoms with Gasteiger partial charge >= 0.3 is 6.03 Å². The first-order chi connectivity index (χ1) is 11.5. The van der Waals surface area contributed by atoms with Gasteiger partial charge in [-0.3, -0.25) is 4.68 Å². The maximum atomic E-state index is 12.6. The standard InChI is InChI=1S/C18H23N5O/c1-11-4-5-14(8-16(11)17-19-10-22(3)21-17)20-18(24)23-9-13-7-15(23)6-12(13)2/h4-5,8,10,12-13,15H,6-7,9H2,1-3H3,(H,20,24). The Morgan fingerprint density at radius 1 is 1.33 bits per heavy atom. The number of amides is 2. The van der Waals surface area contributed by atoms with Gasteiger partial charge in [-0.1, -0.05) is 13.0 Å². The van der Waals surface area contributed by atoms with Gasteiger partial charge in [0.05, 0.1) is 0 Å². The molecule has 2 aromatic rings. The molecule has 6 heteroatoms. The number of nitrogens with zero attached hydrogens (tertiary/aromatic N) is 4. The molecule has 3 atom stereocenters. The van der Waals surface area contributed by atoms with Gasteiger partial charge in [0.15, 0.2) is 5.82 Å². The average Bonchev–Trinajstić information content (AvgIpc) is 3.24. The van der Waals surface area contributed by atoms with E-state index in [2.05, 4.69) is 22.3 Å². The maximum Gasteiger partial charge on any atom is 0.322 e. The lowest BCUT2D eigenvalue weighted by Gasteiger charge is -2.30. The third-order valence-corrected chi connectivity index (χ3v) is 5.49. The number of benzene rings is 1. The molecule has 1 aromatic carbocycles. The smallest absolute Gasteiger partial charge is 0.321 e. The highest BCUT2D eigenvalue weighted by Gasteiger charge is 2.44. The number of carbonyl (C=O) groups excluding carboxylic acids is 1. The van der Waals surface area contributed by atoms with Crippen LogP contribution >= 0.6 is 0 Å². The SMILES string of the molecule is Cc1ccc(NC(=O)N2CC3CC2CC3C)cc1-c1ncn(C)n1. The van der Waals surface area contributed by atoms with Crippen molar-refractivity contribution >= 4 is 11.7 Å². The van der Waals surface area contributed by atoms with Gasteiger partial charge in [0.1, 0.15) is 6.33 Å². The number of rotatable bonds is 2. The van der Waals surface area contributed by atoms with Crippen LogP contribution in [0, 0.1) is 18.8 Å². The van der Waals surface area contributed by atoms with Crippen LogP contribution in [-0.4, -0.2) is 38.3 Å². The second-order valence-electron chi connectivity index (χ2n) is 7.22. The van der Waals surface area contributed by atoms with E-state index in [1.54, 1.807) is 11.0 Å². The van der Waals surface area contributed by atoms with Crippen molar-refractivity contribution in [1.29, 1.82) is 0 Å². The number of anilines is 1. The summed E-state index contributed by atoms with van der Waals surface area (Å²) in [7, 11) is 1.85. The van der Waals surface area contributed by atoms with E-state index in [4.69, 9.17) is 0 Å². The fourth-order valence-electron chi connectivity index (χ4n) is 4.06. The van der Waals surface area contributed by atoms with E-state index in [1.807, 2.05) is 37.1 Å². The topological polar surface area (TPSA) is 63.1 Å². The number of carbonyl (C=O) groups is 1. The van der Waals surface area contributed by atoms with E-state index in [0.717, 1.165) is 42.1 Å². The minimum absolute atomic E-state index is 0.0122. The lowest BCUT2D eigenvalue weighted by molar-refractivity contribution is 0.181. The highest BCUT2D eigenvalue weighted by molar-refractivity contribution is 5.90. The fraction of sp³-hybridized carbons (Fsp3) is 0.500. The van der Waals surface area contributed by atoms with E-state index in [-0.39, 0.29) is 6.03 Å². The van der Waals surface area contributed by atoms with Crippen LogP contribution in [0.5, 0.6) is 0 Å². The highest BCUT2D eigenvalue weighted by Crippen LogP contribution is 2.41. The number of piperidine rings is 1. The van der Waals surface area contributed by atoms with Crippen molar-refractivity contribution in [2.45, 2.75) is 32.7 Å². The Kier molecular flexibility index (Phi) is 3.55. The van der Waals surface area contributed by atoms with Crippen molar-refractivity contribution in [2.75, 3.05) is 11.9 Å². The predicted molar refractivity (Wildman–Crippen MR) is 92.6 cm³/mol. The number of hydrogen-bond donors (Lipinski definition) is 1. The summed E-state index contributed by atoms with van der Waals surface area (Å²) < 4.78 is 1.68. The molecule has 126 valence electrons. The molecule has 1 saturated heterocycles. The minimum Gasteiger partial charge on any atom is -0.321 e. The highest BCUT2D eigenvalue weighted by atomic mass is 16.2. The molecule has 1 aliphatic heterocycles. The van der Waals surface area contributed by atoms with Crippen LogP contribution in [0.15, 0.2) is 24.5 Å². The van der Waals surface area contributed by atoms with E-state index in [0.29, 0.717) is 17.8 Å². The van der Waals surface area contributed by atoms with Gasteiger partial charge in [-0.2, -0.15) is 5.10 Å².